The van der Waals surface area contributed by atoms with Gasteiger partial charge < -0.3 is 14.4 Å². The molecule has 0 aromatic heterocycles. The lowest BCUT2D eigenvalue weighted by Crippen LogP contribution is -2.29. The van der Waals surface area contributed by atoms with Crippen LogP contribution < -0.4 is 0 Å². The minimum Gasteiger partial charge on any atom is -0.462 e. The largest absolute Gasteiger partial charge is 0.472 e. The van der Waals surface area contributed by atoms with Gasteiger partial charge in [-0.1, -0.05) is 149 Å². The highest BCUT2D eigenvalue weighted by atomic mass is 31.2. The number of ether oxygens (including phenoxy) is 2. The standard InChI is InChI=1S/C34H67O8P/c1-4-7-9-11-13-15-17-19-21-23-25-27-33(35)39-30-32(31-41-43(37,38)40-29-6-3)42-34(36)28-26-24-22-20-18-16-14-12-10-8-5-2/h32H,4-31H2,1-3H3,(H,37,38). The van der Waals surface area contributed by atoms with Gasteiger partial charge in [-0.3, -0.25) is 18.6 Å². The van der Waals surface area contributed by atoms with Crippen LogP contribution in [0.5, 0.6) is 0 Å². The van der Waals surface area contributed by atoms with Crippen LogP contribution in [0.4, 0.5) is 0 Å². The van der Waals surface area contributed by atoms with E-state index in [9.17, 15) is 19.0 Å². The predicted molar refractivity (Wildman–Crippen MR) is 175 cm³/mol. The van der Waals surface area contributed by atoms with E-state index in [0.717, 1.165) is 38.5 Å². The van der Waals surface area contributed by atoms with Crippen LogP contribution in [-0.4, -0.2) is 42.8 Å². The quantitative estimate of drug-likeness (QED) is 0.0431. The Labute approximate surface area is 264 Å². The Morgan fingerprint density at radius 2 is 0.930 bits per heavy atom. The van der Waals surface area contributed by atoms with Gasteiger partial charge in [-0.25, -0.2) is 4.57 Å². The van der Waals surface area contributed by atoms with Gasteiger partial charge in [0.25, 0.3) is 0 Å². The third-order valence-corrected chi connectivity index (χ3v) is 8.56. The minimum atomic E-state index is -4.27. The van der Waals surface area contributed by atoms with Crippen LogP contribution in [0.1, 0.15) is 181 Å². The average Bonchev–Trinajstić information content (AvgIpc) is 2.99. The molecular formula is C34H67O8P. The van der Waals surface area contributed by atoms with Crippen molar-refractivity contribution >= 4 is 19.8 Å². The lowest BCUT2D eigenvalue weighted by Gasteiger charge is -2.20. The molecule has 2 atom stereocenters. The Hall–Kier alpha value is -0.950. The van der Waals surface area contributed by atoms with Gasteiger partial charge in [-0.2, -0.15) is 0 Å². The summed E-state index contributed by atoms with van der Waals surface area (Å²) in [6.45, 7) is 5.76. The summed E-state index contributed by atoms with van der Waals surface area (Å²) in [5.41, 5.74) is 0. The summed E-state index contributed by atoms with van der Waals surface area (Å²) in [6, 6.07) is 0. The second kappa shape index (κ2) is 31.0. The Kier molecular flexibility index (Phi) is 30.4. The second-order valence-electron chi connectivity index (χ2n) is 12.0. The average molecular weight is 635 g/mol. The zero-order valence-electron chi connectivity index (χ0n) is 28.1. The fourth-order valence-corrected chi connectivity index (χ4v) is 5.75. The van der Waals surface area contributed by atoms with E-state index in [1.165, 1.54) is 103 Å². The zero-order chi connectivity index (χ0) is 31.9. The molecule has 256 valence electrons. The molecule has 0 aliphatic rings. The lowest BCUT2D eigenvalue weighted by atomic mass is 10.1. The van der Waals surface area contributed by atoms with Crippen LogP contribution >= 0.6 is 7.82 Å². The Balaban J connectivity index is 4.25. The van der Waals surface area contributed by atoms with Crippen molar-refractivity contribution in [2.24, 2.45) is 0 Å². The molecule has 0 rings (SSSR count). The molecule has 1 N–H and O–H groups in total. The summed E-state index contributed by atoms with van der Waals surface area (Å²) < 4.78 is 32.8. The van der Waals surface area contributed by atoms with Gasteiger partial charge in [0, 0.05) is 12.8 Å². The van der Waals surface area contributed by atoms with Crippen LogP contribution in [0.25, 0.3) is 0 Å². The lowest BCUT2D eigenvalue weighted by molar-refractivity contribution is -0.161. The molecule has 0 aliphatic heterocycles. The first-order valence-corrected chi connectivity index (χ1v) is 19.3. The number of esters is 2. The minimum absolute atomic E-state index is 0.0744. The van der Waals surface area contributed by atoms with Gasteiger partial charge >= 0.3 is 19.8 Å². The van der Waals surface area contributed by atoms with Gasteiger partial charge in [0.2, 0.25) is 0 Å². The highest BCUT2D eigenvalue weighted by Crippen LogP contribution is 2.43. The van der Waals surface area contributed by atoms with E-state index in [0.29, 0.717) is 12.8 Å². The first kappa shape index (κ1) is 42.0. The molecule has 8 nitrogen and oxygen atoms in total. The van der Waals surface area contributed by atoms with Gasteiger partial charge in [0.15, 0.2) is 6.10 Å². The zero-order valence-corrected chi connectivity index (χ0v) is 29.0. The molecule has 0 spiro atoms. The van der Waals surface area contributed by atoms with E-state index in [1.54, 1.807) is 0 Å². The van der Waals surface area contributed by atoms with Crippen molar-refractivity contribution in [2.75, 3.05) is 19.8 Å². The van der Waals surface area contributed by atoms with Crippen molar-refractivity contribution in [1.82, 2.24) is 0 Å². The third-order valence-electron chi connectivity index (χ3n) is 7.58. The fraction of sp³-hybridized carbons (Fsp3) is 0.941. The highest BCUT2D eigenvalue weighted by Gasteiger charge is 2.25. The molecule has 9 heteroatoms. The summed E-state index contributed by atoms with van der Waals surface area (Å²) in [7, 11) is -4.27. The predicted octanol–water partition coefficient (Wildman–Crippen LogP) is 10.4. The fourth-order valence-electron chi connectivity index (χ4n) is 4.91. The van der Waals surface area contributed by atoms with Gasteiger partial charge in [0.05, 0.1) is 13.2 Å². The van der Waals surface area contributed by atoms with Crippen molar-refractivity contribution in [1.29, 1.82) is 0 Å². The van der Waals surface area contributed by atoms with Crippen molar-refractivity contribution in [3.63, 3.8) is 0 Å². The van der Waals surface area contributed by atoms with E-state index < -0.39 is 19.9 Å². The molecule has 0 aromatic rings. The van der Waals surface area contributed by atoms with Crippen molar-refractivity contribution in [2.45, 2.75) is 187 Å². The number of phosphoric ester groups is 1. The smallest absolute Gasteiger partial charge is 0.462 e. The molecule has 2 unspecified atom stereocenters. The number of carbonyl (C=O) groups is 2. The summed E-state index contributed by atoms with van der Waals surface area (Å²) in [6.07, 6.45) is 26.4. The van der Waals surface area contributed by atoms with Crippen molar-refractivity contribution in [3.05, 3.63) is 0 Å². The molecule has 0 saturated heterocycles. The van der Waals surface area contributed by atoms with Gasteiger partial charge in [-0.05, 0) is 19.3 Å². The van der Waals surface area contributed by atoms with Crippen LogP contribution in [0.3, 0.4) is 0 Å². The van der Waals surface area contributed by atoms with Crippen LogP contribution in [0, 0.1) is 0 Å². The van der Waals surface area contributed by atoms with Crippen LogP contribution in [0.2, 0.25) is 0 Å². The summed E-state index contributed by atoms with van der Waals surface area (Å²) in [5.74, 6) is -0.787. The summed E-state index contributed by atoms with van der Waals surface area (Å²) in [5, 5.41) is 0. The Morgan fingerprint density at radius 1 is 0.535 bits per heavy atom. The van der Waals surface area contributed by atoms with Crippen molar-refractivity contribution in [3.8, 4) is 0 Å². The summed E-state index contributed by atoms with van der Waals surface area (Å²) >= 11 is 0. The molecule has 0 aromatic carbocycles. The molecule has 0 aliphatic carbocycles. The molecule has 43 heavy (non-hydrogen) atoms. The monoisotopic (exact) mass is 634 g/mol. The number of unbranched alkanes of at least 4 members (excludes halogenated alkanes) is 20. The van der Waals surface area contributed by atoms with Crippen LogP contribution in [0.15, 0.2) is 0 Å². The highest BCUT2D eigenvalue weighted by molar-refractivity contribution is 7.47. The van der Waals surface area contributed by atoms with E-state index >= 15 is 0 Å². The number of phosphoric acid groups is 1. The van der Waals surface area contributed by atoms with E-state index in [1.807, 2.05) is 6.92 Å². The maximum atomic E-state index is 12.5. The molecule has 0 fully saturated rings. The number of hydrogen-bond donors (Lipinski definition) is 1. The normalized spacial score (nSPS) is 13.5. The second-order valence-corrected chi connectivity index (χ2v) is 13.4. The first-order valence-electron chi connectivity index (χ1n) is 17.8. The SMILES string of the molecule is CCCCCCCCCCCCCC(=O)OCC(COP(=O)(O)OCCC)OC(=O)CCCCCCCCCCCCC. The van der Waals surface area contributed by atoms with E-state index in [-0.39, 0.29) is 32.2 Å². The van der Waals surface area contributed by atoms with Crippen molar-refractivity contribution < 1.29 is 37.6 Å². The Morgan fingerprint density at radius 3 is 1.35 bits per heavy atom. The maximum absolute atomic E-state index is 12.5. The molecular weight excluding hydrogens is 567 g/mol. The third kappa shape index (κ3) is 30.8. The summed E-state index contributed by atoms with van der Waals surface area (Å²) in [4.78, 5) is 34.6. The molecule has 0 radical (unpaired) electrons. The van der Waals surface area contributed by atoms with E-state index in [4.69, 9.17) is 18.5 Å². The number of hydrogen-bond acceptors (Lipinski definition) is 7. The van der Waals surface area contributed by atoms with Gasteiger partial charge in [0.1, 0.15) is 6.61 Å². The number of rotatable bonds is 33. The van der Waals surface area contributed by atoms with Gasteiger partial charge in [-0.15, -0.1) is 0 Å². The topological polar surface area (TPSA) is 108 Å². The molecule has 0 heterocycles. The maximum Gasteiger partial charge on any atom is 0.472 e. The Bertz CT molecular complexity index is 687. The van der Waals surface area contributed by atoms with E-state index in [2.05, 4.69) is 13.8 Å². The number of carbonyl (C=O) groups excluding carboxylic acids is 2. The first-order chi connectivity index (χ1) is 20.8. The molecule has 0 saturated carbocycles. The molecule has 0 bridgehead atoms. The van der Waals surface area contributed by atoms with Crippen LogP contribution in [-0.2, 0) is 32.7 Å². The molecule has 0 amide bonds.